The van der Waals surface area contributed by atoms with Crippen molar-refractivity contribution in [3.63, 3.8) is 0 Å². The molecule has 0 radical (unpaired) electrons. The van der Waals surface area contributed by atoms with Crippen LogP contribution >= 0.6 is 11.3 Å². The van der Waals surface area contributed by atoms with Gasteiger partial charge in [-0.25, -0.2) is 18.7 Å². The van der Waals surface area contributed by atoms with E-state index in [4.69, 9.17) is 10.5 Å². The van der Waals surface area contributed by atoms with Gasteiger partial charge in [-0.1, -0.05) is 0 Å². The maximum absolute atomic E-state index is 14.2. The number of halogens is 2. The van der Waals surface area contributed by atoms with Crippen LogP contribution in [0.3, 0.4) is 0 Å². The van der Waals surface area contributed by atoms with Gasteiger partial charge in [0.2, 0.25) is 0 Å². The Balaban J connectivity index is 1.58. The summed E-state index contributed by atoms with van der Waals surface area (Å²) in [5, 5.41) is 0.603. The lowest BCUT2D eigenvalue weighted by molar-refractivity contribution is 0.0991. The van der Waals surface area contributed by atoms with Crippen molar-refractivity contribution >= 4 is 27.5 Å². The third kappa shape index (κ3) is 3.24. The Morgan fingerprint density at radius 1 is 1.26 bits per heavy atom. The number of ether oxygens (including phenoxy) is 1. The molecule has 0 aliphatic heterocycles. The Hall–Kier alpha value is -3.33. The van der Waals surface area contributed by atoms with Gasteiger partial charge >= 0.3 is 0 Å². The molecule has 2 aromatic carbocycles. The van der Waals surface area contributed by atoms with Crippen LogP contribution in [0, 0.1) is 11.6 Å². The van der Waals surface area contributed by atoms with E-state index in [1.165, 1.54) is 11.3 Å². The van der Waals surface area contributed by atoms with Crippen molar-refractivity contribution in [2.75, 3.05) is 0 Å². The molecule has 1 amide bonds. The summed E-state index contributed by atoms with van der Waals surface area (Å²) in [7, 11) is 0. The number of benzene rings is 2. The second-order valence-electron chi connectivity index (χ2n) is 5.62. The Morgan fingerprint density at radius 3 is 2.85 bits per heavy atom. The van der Waals surface area contributed by atoms with Gasteiger partial charge in [0.1, 0.15) is 28.8 Å². The summed E-state index contributed by atoms with van der Waals surface area (Å²) < 4.78 is 34.0. The molecule has 3 N–H and O–H groups in total. The minimum Gasteiger partial charge on any atom is -0.483 e. The average molecular weight is 386 g/mol. The van der Waals surface area contributed by atoms with Gasteiger partial charge in [0.15, 0.2) is 11.6 Å². The summed E-state index contributed by atoms with van der Waals surface area (Å²) in [6, 6.07) is 7.77. The molecule has 4 aromatic rings. The number of hydrogen-bond donors (Lipinski definition) is 2. The molecule has 0 aliphatic carbocycles. The molecule has 0 aliphatic rings. The number of nitrogens with two attached hydrogens (primary N) is 1. The number of hydrogen-bond acceptors (Lipinski definition) is 5. The zero-order valence-corrected chi connectivity index (χ0v) is 14.5. The zero-order chi connectivity index (χ0) is 19.0. The number of imidazole rings is 1. The van der Waals surface area contributed by atoms with Crippen molar-refractivity contribution < 1.29 is 18.3 Å². The molecular formula is C18H12F2N4O2S. The number of amides is 1. The van der Waals surface area contributed by atoms with Crippen molar-refractivity contribution in [1.29, 1.82) is 0 Å². The maximum Gasteiger partial charge on any atom is 0.254 e. The average Bonchev–Trinajstić information content (AvgIpc) is 3.29. The fraction of sp³-hybridized carbons (Fsp3) is 0.0556. The van der Waals surface area contributed by atoms with Gasteiger partial charge in [0.05, 0.1) is 10.2 Å². The Morgan fingerprint density at radius 2 is 2.11 bits per heavy atom. The number of nitrogens with one attached hydrogen (secondary N) is 1. The highest BCUT2D eigenvalue weighted by molar-refractivity contribution is 7.18. The number of fused-ring (bicyclic) bond motifs is 1. The number of primary amides is 1. The van der Waals surface area contributed by atoms with Gasteiger partial charge in [-0.3, -0.25) is 4.79 Å². The third-order valence-corrected chi connectivity index (χ3v) is 4.87. The first-order valence-electron chi connectivity index (χ1n) is 7.83. The van der Waals surface area contributed by atoms with Crippen LogP contribution in [-0.4, -0.2) is 20.9 Å². The lowest BCUT2D eigenvalue weighted by Crippen LogP contribution is -2.16. The normalized spacial score (nSPS) is 11.0. The number of rotatable bonds is 5. The molecule has 2 heterocycles. The van der Waals surface area contributed by atoms with Crippen molar-refractivity contribution in [1.82, 2.24) is 15.0 Å². The molecular weight excluding hydrogens is 374 g/mol. The zero-order valence-electron chi connectivity index (χ0n) is 13.7. The second kappa shape index (κ2) is 6.76. The maximum atomic E-state index is 14.2. The molecule has 136 valence electrons. The SMILES string of the molecule is NC(=O)c1c(F)ccc(OCc2nc3cc(-c4ncc[nH]4)ccc3s2)c1F. The van der Waals surface area contributed by atoms with Crippen molar-refractivity contribution in [3.05, 3.63) is 64.9 Å². The largest absolute Gasteiger partial charge is 0.483 e. The Kier molecular flexibility index (Phi) is 4.28. The molecule has 0 unspecified atom stereocenters. The molecule has 6 nitrogen and oxygen atoms in total. The number of aromatic nitrogens is 3. The Labute approximate surface area is 155 Å². The Bertz CT molecular complexity index is 1140. The van der Waals surface area contributed by atoms with E-state index >= 15 is 0 Å². The molecule has 2 aromatic heterocycles. The molecule has 9 heteroatoms. The molecule has 0 atom stereocenters. The van der Waals surface area contributed by atoms with E-state index < -0.39 is 23.1 Å². The second-order valence-corrected chi connectivity index (χ2v) is 6.73. The van der Waals surface area contributed by atoms with Crippen molar-refractivity contribution in [3.8, 4) is 17.1 Å². The molecule has 0 saturated heterocycles. The van der Waals surface area contributed by atoms with E-state index in [1.807, 2.05) is 18.2 Å². The van der Waals surface area contributed by atoms with Crippen LogP contribution in [0.15, 0.2) is 42.7 Å². The molecule has 4 rings (SSSR count). The highest BCUT2D eigenvalue weighted by Gasteiger charge is 2.19. The quantitative estimate of drug-likeness (QED) is 0.548. The molecule has 0 saturated carbocycles. The number of aromatic amines is 1. The summed E-state index contributed by atoms with van der Waals surface area (Å²) >= 11 is 1.39. The van der Waals surface area contributed by atoms with Gasteiger partial charge in [0, 0.05) is 18.0 Å². The van der Waals surface area contributed by atoms with E-state index in [1.54, 1.807) is 12.4 Å². The first-order valence-corrected chi connectivity index (χ1v) is 8.64. The van der Waals surface area contributed by atoms with Crippen molar-refractivity contribution in [2.24, 2.45) is 5.73 Å². The monoisotopic (exact) mass is 386 g/mol. The number of carbonyl (C=O) groups excluding carboxylic acids is 1. The first-order chi connectivity index (χ1) is 13.0. The lowest BCUT2D eigenvalue weighted by Gasteiger charge is -2.08. The van der Waals surface area contributed by atoms with Crippen LogP contribution in [0.5, 0.6) is 5.75 Å². The van der Waals surface area contributed by atoms with Gasteiger partial charge < -0.3 is 15.5 Å². The number of carbonyl (C=O) groups is 1. The summed E-state index contributed by atoms with van der Waals surface area (Å²) in [5.41, 5.74) is 5.83. The summed E-state index contributed by atoms with van der Waals surface area (Å²) in [4.78, 5) is 22.9. The third-order valence-electron chi connectivity index (χ3n) is 3.86. The van der Waals surface area contributed by atoms with E-state index in [2.05, 4.69) is 15.0 Å². The standard InChI is InChI=1S/C18H12F2N4O2S/c19-10-2-3-12(16(20)15(10)17(21)25)26-8-14-24-11-7-9(1-4-13(11)27-14)18-22-5-6-23-18/h1-7H,8H2,(H2,21,25)(H,22,23). The number of nitrogens with zero attached hydrogens (tertiary/aromatic N) is 2. The topological polar surface area (TPSA) is 93.9 Å². The highest BCUT2D eigenvalue weighted by Crippen LogP contribution is 2.28. The van der Waals surface area contributed by atoms with Gasteiger partial charge in [-0.2, -0.15) is 0 Å². The van der Waals surface area contributed by atoms with E-state index in [0.29, 0.717) is 5.01 Å². The number of H-pyrrole nitrogens is 1. The van der Waals surface area contributed by atoms with Crippen LogP contribution in [0.4, 0.5) is 8.78 Å². The van der Waals surface area contributed by atoms with Gasteiger partial charge in [-0.05, 0) is 30.3 Å². The summed E-state index contributed by atoms with van der Waals surface area (Å²) in [6.07, 6.45) is 3.40. The fourth-order valence-electron chi connectivity index (χ4n) is 2.62. The molecule has 0 fully saturated rings. The van der Waals surface area contributed by atoms with Crippen LogP contribution in [0.1, 0.15) is 15.4 Å². The predicted octanol–water partition coefficient (Wildman–Crippen LogP) is 3.64. The van der Waals surface area contributed by atoms with Crippen LogP contribution in [-0.2, 0) is 6.61 Å². The smallest absolute Gasteiger partial charge is 0.254 e. The fourth-order valence-corrected chi connectivity index (χ4v) is 3.48. The molecule has 27 heavy (non-hydrogen) atoms. The minimum absolute atomic E-state index is 0.0316. The van der Waals surface area contributed by atoms with E-state index in [0.717, 1.165) is 33.7 Å². The first kappa shape index (κ1) is 17.1. The predicted molar refractivity (Wildman–Crippen MR) is 96.4 cm³/mol. The highest BCUT2D eigenvalue weighted by atomic mass is 32.1. The minimum atomic E-state index is -1.19. The molecule has 0 bridgehead atoms. The van der Waals surface area contributed by atoms with Crippen LogP contribution < -0.4 is 10.5 Å². The lowest BCUT2D eigenvalue weighted by atomic mass is 10.2. The van der Waals surface area contributed by atoms with E-state index in [9.17, 15) is 13.6 Å². The van der Waals surface area contributed by atoms with E-state index in [-0.39, 0.29) is 12.4 Å². The van der Waals surface area contributed by atoms with Gasteiger partial charge in [-0.15, -0.1) is 11.3 Å². The number of thiazole rings is 1. The van der Waals surface area contributed by atoms with Crippen LogP contribution in [0.25, 0.3) is 21.6 Å². The summed E-state index contributed by atoms with van der Waals surface area (Å²) in [5.74, 6) is -2.88. The van der Waals surface area contributed by atoms with Gasteiger partial charge in [0.25, 0.3) is 5.91 Å². The summed E-state index contributed by atoms with van der Waals surface area (Å²) in [6.45, 7) is -0.0316. The molecule has 0 spiro atoms. The van der Waals surface area contributed by atoms with Crippen molar-refractivity contribution in [2.45, 2.75) is 6.61 Å². The van der Waals surface area contributed by atoms with Crippen LogP contribution in [0.2, 0.25) is 0 Å².